The van der Waals surface area contributed by atoms with E-state index in [2.05, 4.69) is 15.2 Å². The second kappa shape index (κ2) is 6.13. The molecule has 0 amide bonds. The van der Waals surface area contributed by atoms with Gasteiger partial charge in [0.15, 0.2) is 5.69 Å². The quantitative estimate of drug-likeness (QED) is 0.392. The maximum Gasteiger partial charge on any atom is 0.248 e. The number of hydrogen-bond acceptors (Lipinski definition) is 4. The summed E-state index contributed by atoms with van der Waals surface area (Å²) in [6.45, 7) is 2.03. The Bertz CT molecular complexity index is 1010. The monoisotopic (exact) mass is 373 g/mol. The lowest BCUT2D eigenvalue weighted by Gasteiger charge is -2.12. The Labute approximate surface area is 154 Å². The van der Waals surface area contributed by atoms with Gasteiger partial charge in [-0.2, -0.15) is 4.74 Å². The SMILES string of the molecule is CCc1nnc2n1-c1ccc(Cl)nc1C(c1ccccc1Cl)=[N+]([O-])C2. The summed E-state index contributed by atoms with van der Waals surface area (Å²) in [7, 11) is 0. The predicted molar refractivity (Wildman–Crippen MR) is 95.5 cm³/mol. The molecule has 126 valence electrons. The van der Waals surface area contributed by atoms with Crippen molar-refractivity contribution in [2.24, 2.45) is 0 Å². The molecule has 8 heteroatoms. The van der Waals surface area contributed by atoms with Gasteiger partial charge in [-0.05, 0) is 24.3 Å². The molecule has 0 aliphatic carbocycles. The van der Waals surface area contributed by atoms with E-state index >= 15 is 0 Å². The summed E-state index contributed by atoms with van der Waals surface area (Å²) in [6, 6.07) is 10.7. The number of hydrogen-bond donors (Lipinski definition) is 0. The average Bonchev–Trinajstić information content (AvgIpc) is 2.94. The molecule has 0 bridgehead atoms. The molecule has 4 rings (SSSR count). The first-order valence-electron chi connectivity index (χ1n) is 7.77. The molecular formula is C17H13Cl2N5O. The molecule has 0 unspecified atom stereocenters. The van der Waals surface area contributed by atoms with Crippen LogP contribution in [0.15, 0.2) is 36.4 Å². The topological polar surface area (TPSA) is 69.7 Å². The van der Waals surface area contributed by atoms with Gasteiger partial charge in [0.2, 0.25) is 18.1 Å². The molecule has 0 spiro atoms. The van der Waals surface area contributed by atoms with Gasteiger partial charge in [-0.15, -0.1) is 10.2 Å². The summed E-state index contributed by atoms with van der Waals surface area (Å²) in [5.41, 5.74) is 2.15. The van der Waals surface area contributed by atoms with Crippen molar-refractivity contribution in [1.29, 1.82) is 0 Å². The van der Waals surface area contributed by atoms with E-state index in [-0.39, 0.29) is 6.54 Å². The molecule has 6 nitrogen and oxygen atoms in total. The van der Waals surface area contributed by atoms with Crippen molar-refractivity contribution in [3.05, 3.63) is 74.7 Å². The molecule has 3 aromatic rings. The van der Waals surface area contributed by atoms with E-state index in [0.29, 0.717) is 39.4 Å². The van der Waals surface area contributed by atoms with Gasteiger partial charge in [0.25, 0.3) is 0 Å². The van der Waals surface area contributed by atoms with Crippen molar-refractivity contribution >= 4 is 28.9 Å². The lowest BCUT2D eigenvalue weighted by Crippen LogP contribution is -2.19. The number of pyridine rings is 1. The Kier molecular flexibility index (Phi) is 3.94. The minimum atomic E-state index is 0.0432. The maximum absolute atomic E-state index is 13.0. The standard InChI is InChI=1S/C17H13Cl2N5O/c1-2-14-21-22-15-9-23(25)17(10-5-3-4-6-11(10)18)16-12(24(14)15)7-8-13(19)20-16/h3-8H,2,9H2,1H3. The molecular weight excluding hydrogens is 361 g/mol. The van der Waals surface area contributed by atoms with E-state index in [1.165, 1.54) is 0 Å². The van der Waals surface area contributed by atoms with Crippen LogP contribution in [0, 0.1) is 5.21 Å². The number of benzene rings is 1. The van der Waals surface area contributed by atoms with E-state index in [0.717, 1.165) is 16.3 Å². The molecule has 3 heterocycles. The van der Waals surface area contributed by atoms with Crippen LogP contribution in [0.5, 0.6) is 0 Å². The van der Waals surface area contributed by atoms with Crippen molar-refractivity contribution in [1.82, 2.24) is 19.7 Å². The first kappa shape index (κ1) is 16.1. The van der Waals surface area contributed by atoms with Crippen LogP contribution in [-0.2, 0) is 13.0 Å². The van der Waals surface area contributed by atoms with Crippen molar-refractivity contribution in [3.8, 4) is 5.69 Å². The molecule has 0 N–H and O–H groups in total. The van der Waals surface area contributed by atoms with Gasteiger partial charge in [0.1, 0.15) is 11.0 Å². The molecule has 0 radical (unpaired) electrons. The highest BCUT2D eigenvalue weighted by atomic mass is 35.5. The third kappa shape index (κ3) is 2.58. The number of nitrogens with zero attached hydrogens (tertiary/aromatic N) is 5. The van der Waals surface area contributed by atoms with E-state index in [1.807, 2.05) is 29.7 Å². The summed E-state index contributed by atoms with van der Waals surface area (Å²) < 4.78 is 2.71. The normalized spacial score (nSPS) is 13.4. The fraction of sp³-hybridized carbons (Fsp3) is 0.176. The Hall–Kier alpha value is -2.44. The number of halogens is 2. The first-order valence-corrected chi connectivity index (χ1v) is 8.52. The molecule has 25 heavy (non-hydrogen) atoms. The number of aromatic nitrogens is 4. The molecule has 0 saturated carbocycles. The molecule has 1 aliphatic heterocycles. The zero-order chi connectivity index (χ0) is 17.6. The molecule has 0 fully saturated rings. The van der Waals surface area contributed by atoms with Crippen molar-refractivity contribution < 1.29 is 4.74 Å². The Morgan fingerprint density at radius 3 is 2.72 bits per heavy atom. The van der Waals surface area contributed by atoms with Crippen LogP contribution < -0.4 is 0 Å². The van der Waals surface area contributed by atoms with E-state index in [9.17, 15) is 5.21 Å². The van der Waals surface area contributed by atoms with Gasteiger partial charge < -0.3 is 5.21 Å². The van der Waals surface area contributed by atoms with Crippen LogP contribution in [0.1, 0.15) is 29.8 Å². The largest absolute Gasteiger partial charge is 0.623 e. The summed E-state index contributed by atoms with van der Waals surface area (Å²) in [6.07, 6.45) is 0.676. The van der Waals surface area contributed by atoms with Crippen molar-refractivity contribution in [2.75, 3.05) is 0 Å². The highest BCUT2D eigenvalue weighted by Gasteiger charge is 2.31. The molecule has 2 aromatic heterocycles. The second-order valence-corrected chi connectivity index (χ2v) is 6.38. The summed E-state index contributed by atoms with van der Waals surface area (Å²) in [5, 5.41) is 22.1. The van der Waals surface area contributed by atoms with E-state index in [4.69, 9.17) is 23.2 Å². The minimum Gasteiger partial charge on any atom is -0.623 e. The first-order chi connectivity index (χ1) is 12.1. The fourth-order valence-electron chi connectivity index (χ4n) is 2.99. The zero-order valence-corrected chi connectivity index (χ0v) is 14.8. The van der Waals surface area contributed by atoms with Crippen LogP contribution in [0.4, 0.5) is 0 Å². The maximum atomic E-state index is 13.0. The van der Waals surface area contributed by atoms with Crippen LogP contribution in [0.25, 0.3) is 5.69 Å². The fourth-order valence-corrected chi connectivity index (χ4v) is 3.36. The lowest BCUT2D eigenvalue weighted by molar-refractivity contribution is -0.475. The lowest BCUT2D eigenvalue weighted by atomic mass is 10.1. The van der Waals surface area contributed by atoms with E-state index in [1.54, 1.807) is 18.2 Å². The third-order valence-electron chi connectivity index (χ3n) is 4.08. The number of aryl methyl sites for hydroxylation is 1. The predicted octanol–water partition coefficient (Wildman–Crippen LogP) is 3.39. The van der Waals surface area contributed by atoms with Gasteiger partial charge in [-0.3, -0.25) is 4.57 Å². The highest BCUT2D eigenvalue weighted by Crippen LogP contribution is 2.28. The Morgan fingerprint density at radius 1 is 1.16 bits per heavy atom. The average molecular weight is 374 g/mol. The Morgan fingerprint density at radius 2 is 1.96 bits per heavy atom. The second-order valence-electron chi connectivity index (χ2n) is 5.59. The molecule has 1 aromatic carbocycles. The van der Waals surface area contributed by atoms with Gasteiger partial charge in [-0.25, -0.2) is 4.98 Å². The number of hydroxylamine groups is 1. The van der Waals surface area contributed by atoms with Crippen LogP contribution in [0.2, 0.25) is 10.2 Å². The summed E-state index contributed by atoms with van der Waals surface area (Å²) in [5.74, 6) is 1.31. The van der Waals surface area contributed by atoms with Crippen LogP contribution in [-0.4, -0.2) is 30.2 Å². The van der Waals surface area contributed by atoms with Crippen molar-refractivity contribution in [2.45, 2.75) is 19.9 Å². The Balaban J connectivity index is 2.07. The molecule has 0 atom stereocenters. The molecule has 1 aliphatic rings. The third-order valence-corrected chi connectivity index (χ3v) is 4.62. The summed E-state index contributed by atoms with van der Waals surface area (Å²) >= 11 is 12.5. The highest BCUT2D eigenvalue weighted by molar-refractivity contribution is 6.35. The van der Waals surface area contributed by atoms with Gasteiger partial charge in [-0.1, -0.05) is 42.3 Å². The van der Waals surface area contributed by atoms with E-state index < -0.39 is 0 Å². The van der Waals surface area contributed by atoms with Crippen LogP contribution >= 0.6 is 23.2 Å². The number of rotatable bonds is 2. The van der Waals surface area contributed by atoms with Gasteiger partial charge >= 0.3 is 0 Å². The smallest absolute Gasteiger partial charge is 0.248 e. The zero-order valence-electron chi connectivity index (χ0n) is 13.3. The van der Waals surface area contributed by atoms with Gasteiger partial charge in [0, 0.05) is 6.42 Å². The summed E-state index contributed by atoms with van der Waals surface area (Å²) in [4.78, 5) is 4.43. The molecule has 0 saturated heterocycles. The minimum absolute atomic E-state index is 0.0432. The number of fused-ring (bicyclic) bond motifs is 3. The van der Waals surface area contributed by atoms with Crippen LogP contribution in [0.3, 0.4) is 0 Å². The van der Waals surface area contributed by atoms with Crippen molar-refractivity contribution in [3.63, 3.8) is 0 Å². The van der Waals surface area contributed by atoms with Gasteiger partial charge in [0.05, 0.1) is 16.3 Å².